The van der Waals surface area contributed by atoms with Crippen molar-refractivity contribution in [3.8, 4) is 11.5 Å². The molecule has 3 aliphatic rings. The number of carbonyl (C=O) groups excluding carboxylic acids is 1. The van der Waals surface area contributed by atoms with Gasteiger partial charge in [-0.1, -0.05) is 0 Å². The Kier molecular flexibility index (Phi) is 6.86. The van der Waals surface area contributed by atoms with Gasteiger partial charge < -0.3 is 29.3 Å². The van der Waals surface area contributed by atoms with Gasteiger partial charge in [0.25, 0.3) is 5.91 Å². The third-order valence-corrected chi connectivity index (χ3v) is 7.38. The van der Waals surface area contributed by atoms with Crippen LogP contribution in [0.4, 0.5) is 0 Å². The smallest absolute Gasteiger partial charge is 0.257 e. The fourth-order valence-electron chi connectivity index (χ4n) is 4.97. The second kappa shape index (κ2) is 9.61. The third-order valence-electron chi connectivity index (χ3n) is 6.98. The van der Waals surface area contributed by atoms with Crippen LogP contribution in [0.15, 0.2) is 18.2 Å². The Morgan fingerprint density at radius 3 is 2.58 bits per heavy atom. The fraction of sp³-hybridized carbons (Fsp3) is 0.652. The summed E-state index contributed by atoms with van der Waals surface area (Å²) in [5.41, 5.74) is 0.801. The van der Waals surface area contributed by atoms with Crippen LogP contribution in [0.3, 0.4) is 0 Å². The Hall–Kier alpha value is -2.06. The Labute approximate surface area is 190 Å². The molecular formula is C23H33N3O4S. The number of likely N-dealkylation sites (tertiary alicyclic amines) is 2. The van der Waals surface area contributed by atoms with Gasteiger partial charge in [-0.25, -0.2) is 0 Å². The normalized spacial score (nSPS) is 22.6. The van der Waals surface area contributed by atoms with Crippen molar-refractivity contribution in [1.29, 1.82) is 0 Å². The highest BCUT2D eigenvalue weighted by atomic mass is 32.1. The molecule has 1 amide bonds. The second-order valence-corrected chi connectivity index (χ2v) is 9.24. The van der Waals surface area contributed by atoms with E-state index in [9.17, 15) is 4.79 Å². The summed E-state index contributed by atoms with van der Waals surface area (Å²) in [5.74, 6) is 1.25. The molecule has 0 aromatic heterocycles. The van der Waals surface area contributed by atoms with Crippen molar-refractivity contribution in [2.45, 2.75) is 38.2 Å². The molecule has 3 heterocycles. The summed E-state index contributed by atoms with van der Waals surface area (Å²) in [6.07, 6.45) is 5.66. The molecule has 7 nitrogen and oxygen atoms in total. The van der Waals surface area contributed by atoms with Crippen LogP contribution in [0, 0.1) is 5.41 Å². The molecule has 1 unspecified atom stereocenters. The van der Waals surface area contributed by atoms with Crippen molar-refractivity contribution in [1.82, 2.24) is 15.1 Å². The summed E-state index contributed by atoms with van der Waals surface area (Å²) in [7, 11) is 3.19. The zero-order chi connectivity index (χ0) is 21.8. The van der Waals surface area contributed by atoms with Gasteiger partial charge in [0, 0.05) is 39.3 Å². The van der Waals surface area contributed by atoms with E-state index < -0.39 is 0 Å². The minimum atomic E-state index is 0.00852. The zero-order valence-corrected chi connectivity index (χ0v) is 19.3. The molecule has 0 radical (unpaired) electrons. The highest BCUT2D eigenvalue weighted by molar-refractivity contribution is 7.80. The van der Waals surface area contributed by atoms with Crippen molar-refractivity contribution >= 4 is 23.2 Å². The van der Waals surface area contributed by atoms with Gasteiger partial charge in [0.1, 0.15) is 11.5 Å². The second-order valence-electron chi connectivity index (χ2n) is 8.85. The Bertz CT molecular complexity index is 804. The molecule has 1 atom stereocenters. The number of benzene rings is 1. The van der Waals surface area contributed by atoms with Crippen molar-refractivity contribution in [2.24, 2.45) is 5.41 Å². The number of hydrogen-bond acceptors (Lipinski definition) is 5. The molecule has 1 aromatic carbocycles. The van der Waals surface area contributed by atoms with Gasteiger partial charge in [0.05, 0.1) is 25.9 Å². The van der Waals surface area contributed by atoms with Crippen LogP contribution in [0.25, 0.3) is 0 Å². The number of carbonyl (C=O) groups is 1. The van der Waals surface area contributed by atoms with Crippen molar-refractivity contribution in [3.05, 3.63) is 23.8 Å². The first-order valence-corrected chi connectivity index (χ1v) is 11.6. The molecule has 31 heavy (non-hydrogen) atoms. The van der Waals surface area contributed by atoms with E-state index in [2.05, 4.69) is 10.2 Å². The van der Waals surface area contributed by atoms with Crippen LogP contribution in [0.5, 0.6) is 11.5 Å². The number of rotatable bonds is 5. The van der Waals surface area contributed by atoms with E-state index in [1.54, 1.807) is 26.4 Å². The molecule has 3 aliphatic heterocycles. The number of hydrogen-bond donors (Lipinski definition) is 1. The maximum atomic E-state index is 13.2. The van der Waals surface area contributed by atoms with Crippen LogP contribution >= 0.6 is 12.2 Å². The van der Waals surface area contributed by atoms with Gasteiger partial charge in [-0.3, -0.25) is 4.79 Å². The largest absolute Gasteiger partial charge is 0.497 e. The Morgan fingerprint density at radius 2 is 1.94 bits per heavy atom. The minimum Gasteiger partial charge on any atom is -0.497 e. The van der Waals surface area contributed by atoms with Crippen molar-refractivity contribution in [2.75, 3.05) is 53.6 Å². The lowest BCUT2D eigenvalue weighted by atomic mass is 9.77. The van der Waals surface area contributed by atoms with Crippen molar-refractivity contribution < 1.29 is 19.0 Å². The molecule has 3 fully saturated rings. The van der Waals surface area contributed by atoms with E-state index in [0.717, 1.165) is 76.5 Å². The first kappa shape index (κ1) is 22.1. The van der Waals surface area contributed by atoms with Crippen molar-refractivity contribution in [3.63, 3.8) is 0 Å². The van der Waals surface area contributed by atoms with E-state index in [0.29, 0.717) is 17.1 Å². The van der Waals surface area contributed by atoms with Gasteiger partial charge in [0.2, 0.25) is 0 Å². The van der Waals surface area contributed by atoms with E-state index in [-0.39, 0.29) is 17.4 Å². The van der Waals surface area contributed by atoms with E-state index in [4.69, 9.17) is 26.4 Å². The van der Waals surface area contributed by atoms with Crippen LogP contribution in [-0.4, -0.2) is 80.5 Å². The molecule has 0 bridgehead atoms. The first-order valence-electron chi connectivity index (χ1n) is 11.2. The quantitative estimate of drug-likeness (QED) is 0.697. The summed E-state index contributed by atoms with van der Waals surface area (Å²) in [4.78, 5) is 17.4. The lowest BCUT2D eigenvalue weighted by molar-refractivity contribution is 0.0595. The molecule has 1 spiro atoms. The SMILES string of the molecule is COc1ccc(OC)c(C(=O)N2CCC3(CC2)CCN(C(=S)NCC2CCCO2)C3)c1. The summed E-state index contributed by atoms with van der Waals surface area (Å²) in [5, 5.41) is 4.24. The summed E-state index contributed by atoms with van der Waals surface area (Å²) >= 11 is 5.65. The predicted octanol–water partition coefficient (Wildman–Crippen LogP) is 2.69. The van der Waals surface area contributed by atoms with Crippen LogP contribution in [0.1, 0.15) is 42.5 Å². The molecule has 0 saturated carbocycles. The molecule has 4 rings (SSSR count). The number of nitrogens with one attached hydrogen (secondary N) is 1. The fourth-order valence-corrected chi connectivity index (χ4v) is 5.21. The monoisotopic (exact) mass is 447 g/mol. The highest BCUT2D eigenvalue weighted by Crippen LogP contribution is 2.41. The van der Waals surface area contributed by atoms with E-state index >= 15 is 0 Å². The molecule has 1 aromatic rings. The summed E-state index contributed by atoms with van der Waals surface area (Å²) in [6, 6.07) is 5.36. The zero-order valence-electron chi connectivity index (χ0n) is 18.5. The molecule has 170 valence electrons. The summed E-state index contributed by atoms with van der Waals surface area (Å²) in [6.45, 7) is 5.12. The molecule has 3 saturated heterocycles. The van der Waals surface area contributed by atoms with Gasteiger partial charge in [-0.15, -0.1) is 0 Å². The molecule has 1 N–H and O–H groups in total. The number of ether oxygens (including phenoxy) is 3. The maximum Gasteiger partial charge on any atom is 0.257 e. The number of methoxy groups -OCH3 is 2. The van der Waals surface area contributed by atoms with Crippen LogP contribution < -0.4 is 14.8 Å². The summed E-state index contributed by atoms with van der Waals surface area (Å²) < 4.78 is 16.4. The van der Waals surface area contributed by atoms with Gasteiger partial charge in [-0.2, -0.15) is 0 Å². The van der Waals surface area contributed by atoms with E-state index in [1.165, 1.54) is 0 Å². The van der Waals surface area contributed by atoms with E-state index in [1.807, 2.05) is 11.0 Å². The Morgan fingerprint density at radius 1 is 1.19 bits per heavy atom. The van der Waals surface area contributed by atoms with Gasteiger partial charge >= 0.3 is 0 Å². The number of piperidine rings is 1. The first-order chi connectivity index (χ1) is 15.0. The standard InChI is InChI=1S/C23H33N3O4S/c1-28-17-5-6-20(29-2)19(14-17)21(27)25-10-7-23(8-11-25)9-12-26(16-23)22(31)24-15-18-4-3-13-30-18/h5-6,14,18H,3-4,7-13,15-16H2,1-2H3,(H,24,31). The maximum absolute atomic E-state index is 13.2. The molecule has 0 aliphatic carbocycles. The number of nitrogens with zero attached hydrogens (tertiary/aromatic N) is 2. The third kappa shape index (κ3) is 4.90. The molecular weight excluding hydrogens is 414 g/mol. The molecule has 8 heteroatoms. The highest BCUT2D eigenvalue weighted by Gasteiger charge is 2.42. The van der Waals surface area contributed by atoms with Gasteiger partial charge in [0.15, 0.2) is 5.11 Å². The van der Waals surface area contributed by atoms with Gasteiger partial charge in [-0.05, 0) is 67.9 Å². The lowest BCUT2D eigenvalue weighted by Gasteiger charge is -2.39. The predicted molar refractivity (Wildman–Crippen MR) is 123 cm³/mol. The number of thiocarbonyl (C=S) groups is 1. The Balaban J connectivity index is 1.31. The van der Waals surface area contributed by atoms with Crippen LogP contribution in [-0.2, 0) is 4.74 Å². The number of amides is 1. The average molecular weight is 448 g/mol. The average Bonchev–Trinajstić information content (AvgIpc) is 3.47. The lowest BCUT2D eigenvalue weighted by Crippen LogP contribution is -2.46. The van der Waals surface area contributed by atoms with Crippen LogP contribution in [0.2, 0.25) is 0 Å². The topological polar surface area (TPSA) is 63.3 Å². The minimum absolute atomic E-state index is 0.00852.